The molecule has 4 saturated heterocycles. The molecule has 8 aliphatic carbocycles. The number of nitrogens with one attached hydrogen (secondary N) is 4. The van der Waals surface area contributed by atoms with E-state index in [1.165, 1.54) is 149 Å². The van der Waals surface area contributed by atoms with Crippen LogP contribution in [0.4, 0.5) is 29.0 Å². The fourth-order valence-corrected chi connectivity index (χ4v) is 26.2. The third kappa shape index (κ3) is 22.1. The third-order valence-corrected chi connectivity index (χ3v) is 35.4. The topological polar surface area (TPSA) is 294 Å². The number of hydrogen-bond acceptors (Lipinski definition) is 27. The van der Waals surface area contributed by atoms with E-state index in [1.807, 2.05) is 43.3 Å². The maximum atomic E-state index is 12.5. The van der Waals surface area contributed by atoms with Crippen molar-refractivity contribution in [3.05, 3.63) is 234 Å². The summed E-state index contributed by atoms with van der Waals surface area (Å²) in [5.74, 6) is 5.29. The molecular formula is C116H138N18O10S2. The molecule has 4 aromatic heterocycles. The molecule has 8 heterocycles. The van der Waals surface area contributed by atoms with Gasteiger partial charge in [0.25, 0.3) is 0 Å². The fourth-order valence-electron chi connectivity index (χ4n) is 24.4. The number of sulfone groups is 1. The normalized spacial score (nSPS) is 21.8. The third-order valence-electron chi connectivity index (χ3n) is 32.3. The quantitative estimate of drug-likeness (QED) is 0.0490. The van der Waals surface area contributed by atoms with Crippen LogP contribution in [0.1, 0.15) is 153 Å². The Bertz CT molecular complexity index is 6900. The van der Waals surface area contributed by atoms with E-state index in [4.69, 9.17) is 43.4 Å². The zero-order valence-electron chi connectivity index (χ0n) is 85.6. The second-order valence-corrected chi connectivity index (χ2v) is 45.7. The van der Waals surface area contributed by atoms with E-state index in [0.29, 0.717) is 58.1 Å². The predicted molar refractivity (Wildman–Crippen MR) is 577 cm³/mol. The maximum Gasteiger partial charge on any atom is 0.242 e. The van der Waals surface area contributed by atoms with Crippen LogP contribution in [0.5, 0.6) is 11.5 Å². The minimum Gasteiger partial charge on any atom is -0.493 e. The lowest BCUT2D eigenvalue weighted by Crippen LogP contribution is -2.46. The van der Waals surface area contributed by atoms with Gasteiger partial charge in [-0.2, -0.15) is 0 Å². The molecule has 30 heteroatoms. The van der Waals surface area contributed by atoms with Crippen LogP contribution < -0.4 is 35.6 Å². The van der Waals surface area contributed by atoms with Crippen molar-refractivity contribution in [3.63, 3.8) is 0 Å². The van der Waals surface area contributed by atoms with E-state index in [2.05, 4.69) is 188 Å². The Kier molecular flexibility index (Phi) is 30.7. The summed E-state index contributed by atoms with van der Waals surface area (Å²) in [6.45, 7) is 17.3. The first-order valence-electron chi connectivity index (χ1n) is 52.7. The van der Waals surface area contributed by atoms with Crippen LogP contribution in [-0.4, -0.2) is 283 Å². The van der Waals surface area contributed by atoms with Gasteiger partial charge in [0, 0.05) is 194 Å². The molecule has 8 aromatic carbocycles. The van der Waals surface area contributed by atoms with Gasteiger partial charge in [0.15, 0.2) is 21.3 Å². The Labute approximate surface area is 860 Å². The van der Waals surface area contributed by atoms with Gasteiger partial charge < -0.3 is 54.6 Å². The van der Waals surface area contributed by atoms with Crippen molar-refractivity contribution in [2.75, 3.05) is 180 Å². The molecule has 4 saturated carbocycles. The zero-order valence-corrected chi connectivity index (χ0v) is 87.2. The van der Waals surface area contributed by atoms with Crippen molar-refractivity contribution in [3.8, 4) is 101 Å². The van der Waals surface area contributed by atoms with Crippen LogP contribution in [0.25, 0.3) is 89.0 Å². The first-order chi connectivity index (χ1) is 71.2. The molecular weight excluding hydrogens is 1870 g/mol. The Morgan fingerprint density at radius 3 is 0.959 bits per heavy atom. The first kappa shape index (κ1) is 100. The molecule has 146 heavy (non-hydrogen) atoms. The van der Waals surface area contributed by atoms with Gasteiger partial charge in [-0.1, -0.05) is 97.1 Å². The molecule has 4 N–H and O–H groups in total. The molecule has 24 rings (SSSR count). The molecule has 12 aliphatic rings. The lowest BCUT2D eigenvalue weighted by molar-refractivity contribution is 0.00788. The second kappa shape index (κ2) is 44.7. The summed E-state index contributed by atoms with van der Waals surface area (Å²) in [6.07, 6.45) is 30.4. The van der Waals surface area contributed by atoms with Gasteiger partial charge in [0.1, 0.15) is 48.6 Å². The van der Waals surface area contributed by atoms with Crippen molar-refractivity contribution < 1.29 is 45.3 Å². The smallest absolute Gasteiger partial charge is 0.242 e. The Hall–Kier alpha value is -11.8. The summed E-state index contributed by atoms with van der Waals surface area (Å²) in [5.41, 5.74) is 29.7. The highest BCUT2D eigenvalue weighted by Crippen LogP contribution is 2.50. The number of aromatic nitrogens is 8. The summed E-state index contributed by atoms with van der Waals surface area (Å²) < 4.78 is 83.4. The van der Waals surface area contributed by atoms with Crippen LogP contribution in [-0.2, 0) is 64.5 Å². The SMILES string of the molecule is CN(C)S(=O)(=O)c1ccc(-c2ccc3c(c2)-c2c(ncnc2NC2CCC(N4CCOCC4)CC2)C3)cc1.CN(C)c1ccccc1-c1ccc2c(c1)-c1c(ncnc1NC1CCC(N3CCOCC3)CC1)C2.COc1ccc(-c2ccc3c(c2)-c2c(ncnc2NC2CCC(N4CCOCC4)CC2)C3)cc1OC.Cc1cc(-c2ccc3c(c2)-c2c(ncnc2NC2CCC(N4CCOCC4)CC2)C3)ccc1S(C)(=O)=O. The average molecular weight is 2010 g/mol. The molecule has 0 bridgehead atoms. The summed E-state index contributed by atoms with van der Waals surface area (Å²) >= 11 is 0. The van der Waals surface area contributed by atoms with Gasteiger partial charge in [-0.3, -0.25) is 19.6 Å². The average Bonchev–Trinajstić information content (AvgIpc) is 1.62. The fraction of sp³-hybridized carbons (Fsp3) is 0.448. The number of morpholine rings is 4. The van der Waals surface area contributed by atoms with Crippen LogP contribution >= 0.6 is 0 Å². The number of fused-ring (bicyclic) bond motifs is 12. The number of nitrogens with zero attached hydrogens (tertiary/aromatic N) is 14. The Morgan fingerprint density at radius 1 is 0.329 bits per heavy atom. The van der Waals surface area contributed by atoms with Gasteiger partial charge in [0.2, 0.25) is 10.0 Å². The van der Waals surface area contributed by atoms with Crippen molar-refractivity contribution in [2.45, 2.75) is 193 Å². The van der Waals surface area contributed by atoms with Crippen LogP contribution in [0.15, 0.2) is 193 Å². The van der Waals surface area contributed by atoms with Gasteiger partial charge in [-0.15, -0.1) is 0 Å². The number of aryl methyl sites for hydroxylation is 1. The van der Waals surface area contributed by atoms with Crippen LogP contribution in [0.2, 0.25) is 0 Å². The van der Waals surface area contributed by atoms with E-state index >= 15 is 0 Å². The van der Waals surface area contributed by atoms with Gasteiger partial charge in [-0.25, -0.2) is 61.0 Å². The first-order valence-corrected chi connectivity index (χ1v) is 56.1. The minimum atomic E-state index is -3.45. The molecule has 28 nitrogen and oxygen atoms in total. The highest BCUT2D eigenvalue weighted by molar-refractivity contribution is 7.90. The zero-order chi connectivity index (χ0) is 100. The van der Waals surface area contributed by atoms with E-state index in [0.717, 1.165) is 275 Å². The molecule has 764 valence electrons. The number of ether oxygens (including phenoxy) is 6. The molecule has 0 radical (unpaired) electrons. The van der Waals surface area contributed by atoms with E-state index < -0.39 is 19.9 Å². The van der Waals surface area contributed by atoms with Crippen molar-refractivity contribution in [2.24, 2.45) is 0 Å². The van der Waals surface area contributed by atoms with Gasteiger partial charge in [-0.05, 0) is 259 Å². The minimum absolute atomic E-state index is 0.293. The van der Waals surface area contributed by atoms with Gasteiger partial charge >= 0.3 is 0 Å². The predicted octanol–water partition coefficient (Wildman–Crippen LogP) is 18.1. The van der Waals surface area contributed by atoms with E-state index in [1.54, 1.807) is 71.8 Å². The van der Waals surface area contributed by atoms with Gasteiger partial charge in [0.05, 0.1) is 99.6 Å². The number of para-hydroxylation sites is 1. The van der Waals surface area contributed by atoms with Crippen LogP contribution in [0.3, 0.4) is 0 Å². The molecule has 0 amide bonds. The van der Waals surface area contributed by atoms with Crippen molar-refractivity contribution >= 4 is 48.8 Å². The number of hydrogen-bond donors (Lipinski definition) is 4. The molecule has 0 atom stereocenters. The number of rotatable bonds is 22. The lowest BCUT2D eigenvalue weighted by Gasteiger charge is -2.39. The van der Waals surface area contributed by atoms with Crippen molar-refractivity contribution in [1.82, 2.24) is 63.8 Å². The molecule has 12 aromatic rings. The largest absolute Gasteiger partial charge is 0.493 e. The van der Waals surface area contributed by atoms with Crippen molar-refractivity contribution in [1.29, 1.82) is 0 Å². The summed E-state index contributed by atoms with van der Waals surface area (Å²) in [5, 5.41) is 15.2. The monoisotopic (exact) mass is 2010 g/mol. The number of anilines is 5. The molecule has 0 spiro atoms. The molecule has 8 fully saturated rings. The second-order valence-electron chi connectivity index (χ2n) is 41.6. The maximum absolute atomic E-state index is 12.5. The lowest BCUT2D eigenvalue weighted by atomic mass is 9.89. The van der Waals surface area contributed by atoms with Crippen LogP contribution in [0, 0.1) is 6.92 Å². The number of benzene rings is 8. The highest BCUT2D eigenvalue weighted by atomic mass is 32.2. The molecule has 0 unspecified atom stereocenters. The summed E-state index contributed by atoms with van der Waals surface area (Å²) in [7, 11) is 3.93. The van der Waals surface area contributed by atoms with E-state index in [-0.39, 0.29) is 0 Å². The van der Waals surface area contributed by atoms with E-state index in [9.17, 15) is 16.8 Å². The number of sulfonamides is 1. The highest BCUT2D eigenvalue weighted by Gasteiger charge is 2.38. The number of methoxy groups -OCH3 is 2. The summed E-state index contributed by atoms with van der Waals surface area (Å²) in [6, 6.07) is 58.3. The standard InChI is InChI=1S/C29H35N5O3S.C29H35N5O.C29H34N4O3S.C29H34N4O3/c1-33(2)38(35,36)25-11-5-20(6-12-25)21-3-4-22-18-27-28(26(22)17-21)29(31-19-30-27)32-23-7-9-24(10-8-23)34-13-15-37-16-14-34;1-33(2)27-6-4-3-5-24(27)20-7-8-21-18-26-28(25(21)17-20)29(31-19-30-26)32-22-9-11-23(12-10-22)34-13-15-35-16-14-34;1-19-15-20(5-10-27(19)37(2,34)35)21-3-4-22-17-26-28(25(22)16-21)29(31-18-30-26)32-23-6-8-24(9-7-23)33-11-13-36-14-12-33;1-34-26-10-5-20(17-27(26)35-2)19-3-4-21-16-25-28(24(21)15-19)29(31-18-30-25)32-22-6-8-23(9-7-22)33-11-13-36-14-12-33/h3-6,11-12,17,19,23-24H,7-10,13-16,18H2,1-2H3,(H,30,31,32);3-8,17,19,22-23H,9-16,18H2,1-2H3,(H,30,31,32);3-5,10,15-16,18,23-24H,6-9,11-14,17H2,1-2H3,(H,30,31,32);3-5,10,15,17-18,22-23H,6-9,11-14,16H2,1-2H3,(H,30,31,32). The Morgan fingerprint density at radius 2 is 0.630 bits per heavy atom. The molecule has 4 aliphatic heterocycles. The summed E-state index contributed by atoms with van der Waals surface area (Å²) in [4.78, 5) is 50.7. The Balaban J connectivity index is 0.000000114.